The fraction of sp³-hybridized carbons (Fsp3) is 0.333. The summed E-state index contributed by atoms with van der Waals surface area (Å²) in [4.78, 5) is 19.5. The van der Waals surface area contributed by atoms with Crippen LogP contribution in [0.25, 0.3) is 0 Å². The summed E-state index contributed by atoms with van der Waals surface area (Å²) in [6, 6.07) is 7.60. The molecule has 0 radical (unpaired) electrons. The highest BCUT2D eigenvalue weighted by Crippen LogP contribution is 2.14. The van der Waals surface area contributed by atoms with E-state index in [1.807, 2.05) is 30.6 Å². The predicted molar refractivity (Wildman–Crippen MR) is 83.1 cm³/mol. The minimum atomic E-state index is 0.0142. The highest BCUT2D eigenvalue weighted by Gasteiger charge is 2.13. The van der Waals surface area contributed by atoms with Crippen molar-refractivity contribution in [1.82, 2.24) is 9.88 Å². The Hall–Kier alpha value is -1.88. The molecule has 4 nitrogen and oxygen atoms in total. The maximum atomic E-state index is 12.4. The van der Waals surface area contributed by atoms with Crippen LogP contribution in [0.15, 0.2) is 35.8 Å². The van der Waals surface area contributed by atoms with Crippen LogP contribution in [0.1, 0.15) is 28.6 Å². The summed E-state index contributed by atoms with van der Waals surface area (Å²) >= 11 is 1.66. The average Bonchev–Trinajstić information content (AvgIpc) is 2.97. The van der Waals surface area contributed by atoms with Crippen LogP contribution >= 0.6 is 11.3 Å². The van der Waals surface area contributed by atoms with E-state index in [1.54, 1.807) is 28.5 Å². The van der Waals surface area contributed by atoms with Crippen molar-refractivity contribution in [1.29, 1.82) is 0 Å². The Labute approximate surface area is 123 Å². The fourth-order valence-electron chi connectivity index (χ4n) is 1.84. The molecular weight excluding hydrogens is 270 g/mol. The lowest BCUT2D eigenvalue weighted by atomic mass is 10.2. The molecular formula is C15H19N3OS. The Kier molecular flexibility index (Phi) is 5.12. The summed E-state index contributed by atoms with van der Waals surface area (Å²) in [5.74, 6) is 0.766. The van der Waals surface area contributed by atoms with Crippen molar-refractivity contribution in [2.75, 3.05) is 18.9 Å². The number of carbonyl (C=O) groups excluding carboxylic acids is 1. The molecule has 106 valence electrons. The number of anilines is 1. The van der Waals surface area contributed by atoms with Gasteiger partial charge in [-0.1, -0.05) is 13.0 Å². The van der Waals surface area contributed by atoms with Crippen LogP contribution in [0.5, 0.6) is 0 Å². The van der Waals surface area contributed by atoms with Gasteiger partial charge in [-0.2, -0.15) is 0 Å². The monoisotopic (exact) mass is 289 g/mol. The van der Waals surface area contributed by atoms with E-state index < -0.39 is 0 Å². The van der Waals surface area contributed by atoms with Gasteiger partial charge in [0.05, 0.1) is 6.54 Å². The highest BCUT2D eigenvalue weighted by atomic mass is 32.1. The smallest absolute Gasteiger partial charge is 0.254 e. The SMILES string of the molecule is CCCNc1cc(C(=O)N(C)Cc2cccs2)ccn1. The van der Waals surface area contributed by atoms with Crippen LogP contribution in [-0.4, -0.2) is 29.4 Å². The molecule has 0 saturated heterocycles. The number of nitrogens with zero attached hydrogens (tertiary/aromatic N) is 2. The largest absolute Gasteiger partial charge is 0.370 e. The number of aromatic nitrogens is 1. The van der Waals surface area contributed by atoms with Gasteiger partial charge in [0.2, 0.25) is 0 Å². The molecule has 0 aliphatic carbocycles. The molecule has 1 N–H and O–H groups in total. The molecule has 5 heteroatoms. The van der Waals surface area contributed by atoms with E-state index in [0.717, 1.165) is 18.8 Å². The van der Waals surface area contributed by atoms with E-state index in [4.69, 9.17) is 0 Å². The minimum Gasteiger partial charge on any atom is -0.370 e. The number of rotatable bonds is 6. The van der Waals surface area contributed by atoms with Crippen LogP contribution in [0.2, 0.25) is 0 Å². The molecule has 0 saturated carbocycles. The third-order valence-electron chi connectivity index (χ3n) is 2.88. The molecule has 1 amide bonds. The van der Waals surface area contributed by atoms with Gasteiger partial charge in [0, 0.05) is 30.2 Å². The first-order chi connectivity index (χ1) is 9.70. The van der Waals surface area contributed by atoms with Gasteiger partial charge in [-0.15, -0.1) is 11.3 Å². The van der Waals surface area contributed by atoms with Crippen molar-refractivity contribution in [3.05, 3.63) is 46.3 Å². The Bertz CT molecular complexity index is 554. The van der Waals surface area contributed by atoms with Crippen molar-refractivity contribution in [2.24, 2.45) is 0 Å². The molecule has 2 rings (SSSR count). The molecule has 0 fully saturated rings. The van der Waals surface area contributed by atoms with Crippen molar-refractivity contribution in [3.63, 3.8) is 0 Å². The van der Waals surface area contributed by atoms with Gasteiger partial charge in [-0.3, -0.25) is 4.79 Å². The molecule has 2 heterocycles. The maximum absolute atomic E-state index is 12.4. The summed E-state index contributed by atoms with van der Waals surface area (Å²) in [5.41, 5.74) is 0.664. The van der Waals surface area contributed by atoms with E-state index in [2.05, 4.69) is 17.2 Å². The van der Waals surface area contributed by atoms with E-state index in [-0.39, 0.29) is 5.91 Å². The number of pyridine rings is 1. The normalized spacial score (nSPS) is 10.3. The molecule has 0 unspecified atom stereocenters. The molecule has 0 spiro atoms. The summed E-state index contributed by atoms with van der Waals surface area (Å²) in [7, 11) is 1.82. The highest BCUT2D eigenvalue weighted by molar-refractivity contribution is 7.09. The van der Waals surface area contributed by atoms with E-state index in [1.165, 1.54) is 4.88 Å². The van der Waals surface area contributed by atoms with Gasteiger partial charge in [0.1, 0.15) is 5.82 Å². The minimum absolute atomic E-state index is 0.0142. The second kappa shape index (κ2) is 7.05. The molecule has 0 atom stereocenters. The second-order valence-electron chi connectivity index (χ2n) is 4.60. The van der Waals surface area contributed by atoms with Crippen molar-refractivity contribution in [3.8, 4) is 0 Å². The first kappa shape index (κ1) is 14.5. The van der Waals surface area contributed by atoms with Crippen molar-refractivity contribution < 1.29 is 4.79 Å². The Balaban J connectivity index is 2.04. The van der Waals surface area contributed by atoms with E-state index in [9.17, 15) is 4.79 Å². The zero-order valence-electron chi connectivity index (χ0n) is 11.8. The van der Waals surface area contributed by atoms with Crippen molar-refractivity contribution >= 4 is 23.1 Å². The summed E-state index contributed by atoms with van der Waals surface area (Å²) in [6.45, 7) is 3.59. The summed E-state index contributed by atoms with van der Waals surface area (Å²) < 4.78 is 0. The molecule has 0 aromatic carbocycles. The lowest BCUT2D eigenvalue weighted by Crippen LogP contribution is -2.25. The summed E-state index contributed by atoms with van der Waals surface area (Å²) in [6.07, 6.45) is 2.70. The third-order valence-corrected chi connectivity index (χ3v) is 3.74. The standard InChI is InChI=1S/C15H19N3OS/c1-3-7-16-14-10-12(6-8-17-14)15(19)18(2)11-13-5-4-9-20-13/h4-6,8-10H,3,7,11H2,1-2H3,(H,16,17). The zero-order chi connectivity index (χ0) is 14.4. The van der Waals surface area contributed by atoms with Crippen LogP contribution < -0.4 is 5.32 Å². The molecule has 0 bridgehead atoms. The van der Waals surface area contributed by atoms with Crippen LogP contribution in [0, 0.1) is 0 Å². The van der Waals surface area contributed by atoms with Gasteiger partial charge in [-0.05, 0) is 30.0 Å². The van der Waals surface area contributed by atoms with Crippen molar-refractivity contribution in [2.45, 2.75) is 19.9 Å². The second-order valence-corrected chi connectivity index (χ2v) is 5.63. The zero-order valence-corrected chi connectivity index (χ0v) is 12.6. The van der Waals surface area contributed by atoms with Gasteiger partial charge < -0.3 is 10.2 Å². The average molecular weight is 289 g/mol. The first-order valence-corrected chi connectivity index (χ1v) is 7.56. The van der Waals surface area contributed by atoms with E-state index >= 15 is 0 Å². The lowest BCUT2D eigenvalue weighted by molar-refractivity contribution is 0.0786. The molecule has 0 aliphatic rings. The molecule has 20 heavy (non-hydrogen) atoms. The number of amides is 1. The molecule has 2 aromatic rings. The van der Waals surface area contributed by atoms with Crippen LogP contribution in [0.3, 0.4) is 0 Å². The summed E-state index contributed by atoms with van der Waals surface area (Å²) in [5, 5.41) is 5.21. The number of carbonyl (C=O) groups is 1. The van der Waals surface area contributed by atoms with Gasteiger partial charge in [0.25, 0.3) is 5.91 Å². The maximum Gasteiger partial charge on any atom is 0.254 e. The Morgan fingerprint density at radius 2 is 2.30 bits per heavy atom. The Morgan fingerprint density at radius 3 is 3.00 bits per heavy atom. The lowest BCUT2D eigenvalue weighted by Gasteiger charge is -2.16. The van der Waals surface area contributed by atoms with Gasteiger partial charge in [-0.25, -0.2) is 4.98 Å². The Morgan fingerprint density at radius 1 is 1.45 bits per heavy atom. The number of hydrogen-bond donors (Lipinski definition) is 1. The predicted octanol–water partition coefficient (Wildman–Crippen LogP) is 3.24. The number of thiophene rings is 1. The topological polar surface area (TPSA) is 45.2 Å². The third kappa shape index (κ3) is 3.81. The van der Waals surface area contributed by atoms with Gasteiger partial charge >= 0.3 is 0 Å². The quantitative estimate of drug-likeness (QED) is 0.888. The number of nitrogens with one attached hydrogen (secondary N) is 1. The molecule has 0 aliphatic heterocycles. The fourth-order valence-corrected chi connectivity index (χ4v) is 2.60. The first-order valence-electron chi connectivity index (χ1n) is 6.68. The molecule has 2 aromatic heterocycles. The van der Waals surface area contributed by atoms with Crippen LogP contribution in [-0.2, 0) is 6.54 Å². The van der Waals surface area contributed by atoms with Crippen LogP contribution in [0.4, 0.5) is 5.82 Å². The van der Waals surface area contributed by atoms with E-state index in [0.29, 0.717) is 12.1 Å². The van der Waals surface area contributed by atoms with Gasteiger partial charge in [0.15, 0.2) is 0 Å². The number of hydrogen-bond acceptors (Lipinski definition) is 4.